The lowest BCUT2D eigenvalue weighted by Gasteiger charge is -2.09. The van der Waals surface area contributed by atoms with E-state index in [0.717, 1.165) is 0 Å². The average molecular weight is 352 g/mol. The van der Waals surface area contributed by atoms with Crippen molar-refractivity contribution < 1.29 is 14.5 Å². The van der Waals surface area contributed by atoms with E-state index in [1.807, 2.05) is 6.07 Å². The lowest BCUT2D eigenvalue weighted by molar-refractivity contribution is -0.384. The molecule has 0 spiro atoms. The van der Waals surface area contributed by atoms with Gasteiger partial charge in [-0.1, -0.05) is 18.2 Å². The van der Waals surface area contributed by atoms with Crippen LogP contribution in [0.3, 0.4) is 0 Å². The SMILES string of the molecule is CCOC(=O)Nc1ccc(Nc2nc3ccccc3cc2[N+](=O)[O-])cc1. The second kappa shape index (κ2) is 7.47. The third-order valence-electron chi connectivity index (χ3n) is 3.57. The number of benzene rings is 2. The summed E-state index contributed by atoms with van der Waals surface area (Å²) in [5, 5.41) is 17.6. The minimum atomic E-state index is -0.542. The summed E-state index contributed by atoms with van der Waals surface area (Å²) in [7, 11) is 0. The van der Waals surface area contributed by atoms with Crippen LogP contribution >= 0.6 is 0 Å². The summed E-state index contributed by atoms with van der Waals surface area (Å²) < 4.78 is 4.80. The number of rotatable bonds is 5. The number of carbonyl (C=O) groups is 1. The van der Waals surface area contributed by atoms with Crippen LogP contribution in [0.25, 0.3) is 10.9 Å². The third-order valence-corrected chi connectivity index (χ3v) is 3.57. The fourth-order valence-electron chi connectivity index (χ4n) is 2.39. The molecule has 0 aliphatic rings. The minimum absolute atomic E-state index is 0.113. The highest BCUT2D eigenvalue weighted by atomic mass is 16.6. The van der Waals surface area contributed by atoms with Gasteiger partial charge >= 0.3 is 11.8 Å². The van der Waals surface area contributed by atoms with Crippen LogP contribution in [-0.4, -0.2) is 22.6 Å². The molecule has 0 unspecified atom stereocenters. The molecule has 1 heterocycles. The van der Waals surface area contributed by atoms with Crippen molar-refractivity contribution in [1.29, 1.82) is 0 Å². The number of hydrogen-bond donors (Lipinski definition) is 2. The van der Waals surface area contributed by atoms with Crippen molar-refractivity contribution in [3.05, 3.63) is 64.7 Å². The molecule has 1 amide bonds. The van der Waals surface area contributed by atoms with Gasteiger partial charge in [0.25, 0.3) is 0 Å². The lowest BCUT2D eigenvalue weighted by atomic mass is 10.2. The number of hydrogen-bond acceptors (Lipinski definition) is 6. The number of fused-ring (bicyclic) bond motifs is 1. The first-order valence-electron chi connectivity index (χ1n) is 7.92. The topological polar surface area (TPSA) is 106 Å². The summed E-state index contributed by atoms with van der Waals surface area (Å²) in [5.41, 5.74) is 1.69. The second-order valence-corrected chi connectivity index (χ2v) is 5.35. The Morgan fingerprint density at radius 1 is 1.15 bits per heavy atom. The predicted octanol–water partition coefficient (Wildman–Crippen LogP) is 4.46. The molecule has 1 aromatic heterocycles. The zero-order valence-electron chi connectivity index (χ0n) is 13.9. The molecular weight excluding hydrogens is 336 g/mol. The van der Waals surface area contributed by atoms with Gasteiger partial charge in [0.05, 0.1) is 17.0 Å². The summed E-state index contributed by atoms with van der Waals surface area (Å²) in [4.78, 5) is 26.6. The number of nitro groups is 1. The first-order valence-corrected chi connectivity index (χ1v) is 7.92. The Morgan fingerprint density at radius 3 is 2.54 bits per heavy atom. The van der Waals surface area contributed by atoms with E-state index in [1.165, 1.54) is 6.07 Å². The molecule has 2 aromatic carbocycles. The molecule has 3 rings (SSSR count). The van der Waals surface area contributed by atoms with Gasteiger partial charge in [0.2, 0.25) is 5.82 Å². The zero-order chi connectivity index (χ0) is 18.5. The second-order valence-electron chi connectivity index (χ2n) is 5.35. The largest absolute Gasteiger partial charge is 0.450 e. The van der Waals surface area contributed by atoms with E-state index in [-0.39, 0.29) is 18.1 Å². The standard InChI is InChI=1S/C18H16N4O4/c1-2-26-18(23)20-14-9-7-13(8-10-14)19-17-16(22(24)25)11-12-5-3-4-6-15(12)21-17/h3-11H,2H2,1H3,(H,19,21)(H,20,23). The van der Waals surface area contributed by atoms with Crippen LogP contribution in [0, 0.1) is 10.1 Å². The van der Waals surface area contributed by atoms with Gasteiger partial charge in [0, 0.05) is 22.8 Å². The van der Waals surface area contributed by atoms with Crippen molar-refractivity contribution in [3.63, 3.8) is 0 Å². The van der Waals surface area contributed by atoms with E-state index >= 15 is 0 Å². The number of anilines is 3. The monoisotopic (exact) mass is 352 g/mol. The van der Waals surface area contributed by atoms with Gasteiger partial charge < -0.3 is 10.1 Å². The van der Waals surface area contributed by atoms with E-state index < -0.39 is 11.0 Å². The molecule has 2 N–H and O–H groups in total. The Morgan fingerprint density at radius 2 is 1.85 bits per heavy atom. The summed E-state index contributed by atoms with van der Waals surface area (Å²) >= 11 is 0. The molecule has 0 saturated heterocycles. The Bertz CT molecular complexity index is 957. The van der Waals surface area contributed by atoms with Gasteiger partial charge in [-0.15, -0.1) is 0 Å². The number of aromatic nitrogens is 1. The van der Waals surface area contributed by atoms with E-state index in [0.29, 0.717) is 22.3 Å². The quantitative estimate of drug-likeness (QED) is 0.519. The number of carbonyl (C=O) groups excluding carboxylic acids is 1. The molecule has 0 radical (unpaired) electrons. The molecule has 8 nitrogen and oxygen atoms in total. The van der Waals surface area contributed by atoms with Crippen LogP contribution < -0.4 is 10.6 Å². The van der Waals surface area contributed by atoms with Gasteiger partial charge in [-0.25, -0.2) is 9.78 Å². The predicted molar refractivity (Wildman–Crippen MR) is 98.8 cm³/mol. The molecule has 0 fully saturated rings. The number of para-hydroxylation sites is 1. The number of pyridine rings is 1. The van der Waals surface area contributed by atoms with Gasteiger partial charge in [-0.2, -0.15) is 0 Å². The summed E-state index contributed by atoms with van der Waals surface area (Å²) in [6, 6.07) is 15.4. The molecular formula is C18H16N4O4. The molecule has 8 heteroatoms. The zero-order valence-corrected chi connectivity index (χ0v) is 13.9. The highest BCUT2D eigenvalue weighted by Gasteiger charge is 2.17. The Kier molecular flexibility index (Phi) is 4.93. The lowest BCUT2D eigenvalue weighted by Crippen LogP contribution is -2.13. The maximum absolute atomic E-state index is 11.4. The van der Waals surface area contributed by atoms with Gasteiger partial charge in [-0.3, -0.25) is 15.4 Å². The minimum Gasteiger partial charge on any atom is -0.450 e. The smallest absolute Gasteiger partial charge is 0.411 e. The van der Waals surface area contributed by atoms with Crippen LogP contribution in [0.4, 0.5) is 27.7 Å². The van der Waals surface area contributed by atoms with E-state index in [2.05, 4.69) is 15.6 Å². The van der Waals surface area contributed by atoms with E-state index in [4.69, 9.17) is 4.74 Å². The summed E-state index contributed by atoms with van der Waals surface area (Å²) in [6.45, 7) is 2.00. The maximum Gasteiger partial charge on any atom is 0.411 e. The fourth-order valence-corrected chi connectivity index (χ4v) is 2.39. The number of ether oxygens (including phenoxy) is 1. The van der Waals surface area contributed by atoms with Gasteiger partial charge in [0.15, 0.2) is 0 Å². The van der Waals surface area contributed by atoms with Crippen LogP contribution in [0.15, 0.2) is 54.6 Å². The van der Waals surface area contributed by atoms with Crippen LogP contribution in [-0.2, 0) is 4.74 Å². The normalized spacial score (nSPS) is 10.3. The van der Waals surface area contributed by atoms with Gasteiger partial charge in [-0.05, 0) is 37.3 Å². The third kappa shape index (κ3) is 3.86. The van der Waals surface area contributed by atoms with Crippen molar-refractivity contribution in [2.24, 2.45) is 0 Å². The number of nitrogens with one attached hydrogen (secondary N) is 2. The molecule has 0 bridgehead atoms. The Labute approximate surface area is 149 Å². The van der Waals surface area contributed by atoms with E-state index in [9.17, 15) is 14.9 Å². The molecule has 0 aliphatic heterocycles. The number of nitrogens with zero attached hydrogens (tertiary/aromatic N) is 2. The average Bonchev–Trinajstić information content (AvgIpc) is 2.63. The Hall–Kier alpha value is -3.68. The molecule has 26 heavy (non-hydrogen) atoms. The van der Waals surface area contributed by atoms with Crippen LogP contribution in [0.1, 0.15) is 6.92 Å². The van der Waals surface area contributed by atoms with Crippen LogP contribution in [0.5, 0.6) is 0 Å². The first kappa shape index (κ1) is 17.2. The van der Waals surface area contributed by atoms with E-state index in [1.54, 1.807) is 49.4 Å². The number of amides is 1. The van der Waals surface area contributed by atoms with Crippen molar-refractivity contribution in [2.75, 3.05) is 17.2 Å². The summed E-state index contributed by atoms with van der Waals surface area (Å²) in [5.74, 6) is 0.153. The highest BCUT2D eigenvalue weighted by Crippen LogP contribution is 2.29. The highest BCUT2D eigenvalue weighted by molar-refractivity contribution is 5.86. The molecule has 0 saturated carbocycles. The van der Waals surface area contributed by atoms with Crippen molar-refractivity contribution in [3.8, 4) is 0 Å². The first-order chi connectivity index (χ1) is 12.6. The maximum atomic E-state index is 11.4. The molecule has 132 valence electrons. The van der Waals surface area contributed by atoms with Crippen molar-refractivity contribution in [1.82, 2.24) is 4.98 Å². The summed E-state index contributed by atoms with van der Waals surface area (Å²) in [6.07, 6.45) is -0.542. The van der Waals surface area contributed by atoms with Crippen molar-refractivity contribution in [2.45, 2.75) is 6.92 Å². The van der Waals surface area contributed by atoms with Gasteiger partial charge in [0.1, 0.15) is 0 Å². The van der Waals surface area contributed by atoms with Crippen LogP contribution in [0.2, 0.25) is 0 Å². The molecule has 0 atom stereocenters. The molecule has 0 aliphatic carbocycles. The molecule has 3 aromatic rings. The van der Waals surface area contributed by atoms with Crippen molar-refractivity contribution >= 4 is 39.9 Å². The Balaban J connectivity index is 1.85. The fraction of sp³-hybridized carbons (Fsp3) is 0.111.